The van der Waals surface area contributed by atoms with Gasteiger partial charge in [0.1, 0.15) is 22.8 Å². The fourth-order valence-corrected chi connectivity index (χ4v) is 8.18. The molecule has 4 aliphatic carbocycles. The van der Waals surface area contributed by atoms with Crippen LogP contribution in [0.4, 0.5) is 13.2 Å². The van der Waals surface area contributed by atoms with Gasteiger partial charge in [0.2, 0.25) is 5.78 Å². The Balaban J connectivity index is 1.66. The molecule has 1 saturated carbocycles. The van der Waals surface area contributed by atoms with Crippen molar-refractivity contribution in [3.8, 4) is 5.75 Å². The second-order valence-corrected chi connectivity index (χ2v) is 12.8. The molecule has 0 radical (unpaired) electrons. The highest BCUT2D eigenvalue weighted by Crippen LogP contribution is 2.55. The number of aromatic hydroxyl groups is 1. The number of allylic oxidation sites excluding steroid dienone is 1. The van der Waals surface area contributed by atoms with Gasteiger partial charge < -0.3 is 30.7 Å². The zero-order chi connectivity index (χ0) is 32.5. The third-order valence-electron chi connectivity index (χ3n) is 9.86. The van der Waals surface area contributed by atoms with Gasteiger partial charge >= 0.3 is 6.18 Å². The summed E-state index contributed by atoms with van der Waals surface area (Å²) in [6.07, 6.45) is -1.21. The number of hydrogen-bond acceptors (Lipinski definition) is 9. The van der Waals surface area contributed by atoms with Crippen LogP contribution in [0.15, 0.2) is 28.7 Å². The van der Waals surface area contributed by atoms with Crippen LogP contribution in [-0.4, -0.2) is 89.0 Å². The van der Waals surface area contributed by atoms with Crippen molar-refractivity contribution < 1.29 is 47.6 Å². The van der Waals surface area contributed by atoms with E-state index in [0.29, 0.717) is 12.5 Å². The number of carbonyl (C=O) groups excluding carboxylic acids is 3. The summed E-state index contributed by atoms with van der Waals surface area (Å²) in [6, 6.07) is -0.151. The van der Waals surface area contributed by atoms with Crippen molar-refractivity contribution in [1.29, 1.82) is 0 Å². The van der Waals surface area contributed by atoms with E-state index < -0.39 is 81.1 Å². The lowest BCUT2D eigenvalue weighted by Crippen LogP contribution is -2.64. The van der Waals surface area contributed by atoms with Gasteiger partial charge in [0.15, 0.2) is 11.4 Å². The second-order valence-electron chi connectivity index (χ2n) is 12.8. The number of aliphatic hydroxyl groups is 2. The number of carbonyl (C=O) groups is 3. The molecule has 0 spiro atoms. The maximum absolute atomic E-state index is 14.8. The van der Waals surface area contributed by atoms with Gasteiger partial charge in [0.25, 0.3) is 5.91 Å². The highest BCUT2D eigenvalue weighted by molar-refractivity contribution is 6.25. The molecule has 5 N–H and O–H groups in total. The largest absolute Gasteiger partial charge is 0.510 e. The number of phenolic OH excluding ortho intramolecular Hbond substituents is 1. The molecule has 44 heavy (non-hydrogen) atoms. The Labute approximate surface area is 252 Å². The standard InChI is InChI=1S/C31H38F3N3O7/c1-36(2)24-18-10-15-9-17-21(25(39)20(15)27(41)30(18,44-4)28(42)22(26(24)40)29(35)43)19(38)11-16(23(17)31(32,33)34)13-37(3)12-14-7-5-6-8-14/h11,14-15,18,24,38,40-41H,5-10,12-13H2,1-4H3,(H2,35,43)/t15-,18-,24-,30-/m0/s1. The van der Waals surface area contributed by atoms with E-state index >= 15 is 0 Å². The van der Waals surface area contributed by atoms with Gasteiger partial charge in [-0.25, -0.2) is 0 Å². The molecule has 0 saturated heterocycles. The number of amides is 1. The van der Waals surface area contributed by atoms with E-state index in [4.69, 9.17) is 10.5 Å². The highest BCUT2D eigenvalue weighted by atomic mass is 19.4. The van der Waals surface area contributed by atoms with Crippen LogP contribution in [0.3, 0.4) is 0 Å². The van der Waals surface area contributed by atoms with E-state index in [1.807, 2.05) is 0 Å². The van der Waals surface area contributed by atoms with Crippen LogP contribution in [0.5, 0.6) is 5.75 Å². The molecule has 1 amide bonds. The van der Waals surface area contributed by atoms with Crippen LogP contribution in [0, 0.1) is 17.8 Å². The minimum absolute atomic E-state index is 0.0971. The van der Waals surface area contributed by atoms with Gasteiger partial charge in [-0.2, -0.15) is 13.2 Å². The van der Waals surface area contributed by atoms with Gasteiger partial charge in [-0.05, 0) is 75.9 Å². The molecule has 0 heterocycles. The Morgan fingerprint density at radius 3 is 2.32 bits per heavy atom. The van der Waals surface area contributed by atoms with E-state index in [-0.39, 0.29) is 36.1 Å². The van der Waals surface area contributed by atoms with Gasteiger partial charge in [-0.15, -0.1) is 0 Å². The number of phenols is 1. The van der Waals surface area contributed by atoms with Crippen LogP contribution in [-0.2, 0) is 33.5 Å². The van der Waals surface area contributed by atoms with E-state index in [2.05, 4.69) is 0 Å². The number of fused-ring (bicyclic) bond motifs is 3. The Morgan fingerprint density at radius 2 is 1.77 bits per heavy atom. The average molecular weight is 622 g/mol. The molecule has 4 atom stereocenters. The van der Waals surface area contributed by atoms with E-state index in [9.17, 15) is 42.9 Å². The predicted octanol–water partition coefficient (Wildman–Crippen LogP) is 3.42. The van der Waals surface area contributed by atoms with Crippen molar-refractivity contribution in [2.24, 2.45) is 23.5 Å². The van der Waals surface area contributed by atoms with E-state index in [1.54, 1.807) is 26.0 Å². The summed E-state index contributed by atoms with van der Waals surface area (Å²) in [7, 11) is 5.90. The first-order chi connectivity index (χ1) is 20.6. The van der Waals surface area contributed by atoms with Crippen molar-refractivity contribution in [3.05, 3.63) is 51.0 Å². The van der Waals surface area contributed by atoms with Gasteiger partial charge in [0, 0.05) is 31.7 Å². The predicted molar refractivity (Wildman–Crippen MR) is 152 cm³/mol. The smallest absolute Gasteiger partial charge is 0.417 e. The number of methoxy groups -OCH3 is 1. The number of nitrogens with two attached hydrogens (primary N) is 1. The summed E-state index contributed by atoms with van der Waals surface area (Å²) in [5, 5.41) is 33.7. The van der Waals surface area contributed by atoms with Crippen LogP contribution < -0.4 is 5.73 Å². The Bertz CT molecular complexity index is 1480. The van der Waals surface area contributed by atoms with Crippen LogP contribution in [0.2, 0.25) is 0 Å². The number of hydrogen-bond donors (Lipinski definition) is 4. The summed E-state index contributed by atoms with van der Waals surface area (Å²) in [6.45, 7) is 0.503. The number of primary amides is 1. The number of benzene rings is 1. The molecule has 0 unspecified atom stereocenters. The second kappa shape index (κ2) is 11.2. The van der Waals surface area contributed by atoms with E-state index in [1.165, 1.54) is 4.90 Å². The first kappa shape index (κ1) is 32.0. The molecule has 1 aromatic carbocycles. The number of rotatable bonds is 7. The zero-order valence-corrected chi connectivity index (χ0v) is 25.1. The summed E-state index contributed by atoms with van der Waals surface area (Å²) in [4.78, 5) is 43.2. The molecule has 13 heteroatoms. The lowest BCUT2D eigenvalue weighted by atomic mass is 9.58. The molecular formula is C31H38F3N3O7. The fraction of sp³-hybridized carbons (Fsp3) is 0.581. The quantitative estimate of drug-likeness (QED) is 0.336. The third kappa shape index (κ3) is 4.80. The molecule has 0 aliphatic heterocycles. The Hall–Kier alpha value is -3.42. The number of nitrogens with zero attached hydrogens (tertiary/aromatic N) is 2. The number of ketones is 2. The number of Topliss-reactive ketones (excluding diaryl/α,β-unsaturated/α-hetero) is 2. The first-order valence-electron chi connectivity index (χ1n) is 14.7. The molecular weight excluding hydrogens is 583 g/mol. The molecule has 0 aromatic heterocycles. The monoisotopic (exact) mass is 621 g/mol. The number of likely N-dealkylation sites (N-methyl/N-ethyl adjacent to an activating group) is 1. The average Bonchev–Trinajstić information content (AvgIpc) is 3.40. The van der Waals surface area contributed by atoms with Crippen LogP contribution in [0.25, 0.3) is 0 Å². The van der Waals surface area contributed by atoms with Crippen molar-refractivity contribution in [2.75, 3.05) is 34.8 Å². The normalized spacial score (nSPS) is 27.7. The lowest BCUT2D eigenvalue weighted by Gasteiger charge is -2.51. The van der Waals surface area contributed by atoms with Crippen LogP contribution >= 0.6 is 0 Å². The molecule has 1 fully saturated rings. The molecule has 10 nitrogen and oxygen atoms in total. The summed E-state index contributed by atoms with van der Waals surface area (Å²) in [5.74, 6) is -7.41. The maximum Gasteiger partial charge on any atom is 0.417 e. The van der Waals surface area contributed by atoms with Gasteiger partial charge in [-0.3, -0.25) is 19.3 Å². The first-order valence-corrected chi connectivity index (χ1v) is 14.7. The minimum Gasteiger partial charge on any atom is -0.510 e. The third-order valence-corrected chi connectivity index (χ3v) is 9.86. The summed E-state index contributed by atoms with van der Waals surface area (Å²) >= 11 is 0. The highest BCUT2D eigenvalue weighted by Gasteiger charge is 2.64. The Morgan fingerprint density at radius 1 is 1.14 bits per heavy atom. The summed E-state index contributed by atoms with van der Waals surface area (Å²) in [5.41, 5.74) is -0.203. The van der Waals surface area contributed by atoms with Gasteiger partial charge in [-0.1, -0.05) is 12.8 Å². The number of aliphatic hydroxyl groups excluding tert-OH is 2. The van der Waals surface area contributed by atoms with E-state index in [0.717, 1.165) is 38.9 Å². The van der Waals surface area contributed by atoms with Crippen molar-refractivity contribution in [3.63, 3.8) is 0 Å². The molecule has 1 aromatic rings. The molecule has 0 bridgehead atoms. The molecule has 4 aliphatic rings. The minimum atomic E-state index is -4.86. The van der Waals surface area contributed by atoms with Crippen molar-refractivity contribution >= 4 is 17.5 Å². The Kier molecular flexibility index (Phi) is 8.13. The number of ether oxygens (including phenoxy) is 1. The molecule has 5 rings (SSSR count). The lowest BCUT2D eigenvalue weighted by molar-refractivity contribution is -0.154. The van der Waals surface area contributed by atoms with Crippen molar-refractivity contribution in [2.45, 2.75) is 62.9 Å². The SMILES string of the molecule is CO[C@@]12C(=O)C(C(N)=O)=C(O)[C@@H](N(C)C)[C@@H]1C[C@@H]1Cc3c(c(O)cc(CN(C)CC4CCCC4)c3C(F)(F)F)C(=O)C1=C2O. The maximum atomic E-state index is 14.8. The summed E-state index contributed by atoms with van der Waals surface area (Å²) < 4.78 is 50.0. The van der Waals surface area contributed by atoms with Crippen molar-refractivity contribution in [1.82, 2.24) is 9.80 Å². The number of alkyl halides is 3. The van der Waals surface area contributed by atoms with Gasteiger partial charge in [0.05, 0.1) is 17.2 Å². The topological polar surface area (TPSA) is 154 Å². The van der Waals surface area contributed by atoms with Crippen LogP contribution in [0.1, 0.15) is 59.2 Å². The molecule has 240 valence electrons. The fourth-order valence-electron chi connectivity index (χ4n) is 8.18. The zero-order valence-electron chi connectivity index (χ0n) is 25.1. The number of halogens is 3.